The molecule has 0 saturated heterocycles. The second-order valence-corrected chi connectivity index (χ2v) is 5.51. The second-order valence-electron chi connectivity index (χ2n) is 4.59. The van der Waals surface area contributed by atoms with E-state index < -0.39 is 11.6 Å². The zero-order valence-electron chi connectivity index (χ0n) is 12.0. The van der Waals surface area contributed by atoms with Crippen molar-refractivity contribution in [3.05, 3.63) is 64.4 Å². The summed E-state index contributed by atoms with van der Waals surface area (Å²) in [5, 5.41) is 11.1. The summed E-state index contributed by atoms with van der Waals surface area (Å²) in [6.45, 7) is 2.02. The molecule has 0 aliphatic heterocycles. The lowest BCUT2D eigenvalue weighted by Gasteiger charge is -2.28. The van der Waals surface area contributed by atoms with Crippen LogP contribution in [0, 0.1) is 0 Å². The van der Waals surface area contributed by atoms with E-state index in [0.717, 1.165) is 4.47 Å². The molecule has 1 heterocycles. The molecule has 2 rings (SSSR count). The number of esters is 1. The van der Waals surface area contributed by atoms with Gasteiger partial charge in [-0.1, -0.05) is 34.1 Å². The van der Waals surface area contributed by atoms with Gasteiger partial charge in [0.15, 0.2) is 0 Å². The Balaban J connectivity index is 0.00000242. The standard InChI is InChI=1S/C16H16BrNO3.ClH/c1-2-21-15(19)10-16(20,13-4-3-9-18-11-13)12-5-7-14(17)8-6-12;/h3-9,11,20H,2,10H2,1H3;1H. The van der Waals surface area contributed by atoms with Crippen molar-refractivity contribution in [2.45, 2.75) is 18.9 Å². The molecule has 2 aromatic rings. The number of hydrogen-bond donors (Lipinski definition) is 1. The summed E-state index contributed by atoms with van der Waals surface area (Å²) in [5.74, 6) is -0.452. The number of carbonyl (C=O) groups is 1. The molecule has 0 aliphatic rings. The Morgan fingerprint density at radius 2 is 1.95 bits per heavy atom. The number of carbonyl (C=O) groups excluding carboxylic acids is 1. The van der Waals surface area contributed by atoms with Gasteiger partial charge < -0.3 is 9.84 Å². The number of nitrogens with zero attached hydrogens (tertiary/aromatic N) is 1. The van der Waals surface area contributed by atoms with E-state index in [1.165, 1.54) is 0 Å². The maximum absolute atomic E-state index is 11.9. The Bertz CT molecular complexity index is 607. The van der Waals surface area contributed by atoms with Crippen molar-refractivity contribution in [2.24, 2.45) is 0 Å². The summed E-state index contributed by atoms with van der Waals surface area (Å²) in [7, 11) is 0. The topological polar surface area (TPSA) is 59.4 Å². The number of rotatable bonds is 5. The van der Waals surface area contributed by atoms with Crippen LogP contribution in [-0.2, 0) is 15.1 Å². The van der Waals surface area contributed by atoms with Crippen LogP contribution in [0.1, 0.15) is 24.5 Å². The van der Waals surface area contributed by atoms with Crippen molar-refractivity contribution in [1.29, 1.82) is 0 Å². The van der Waals surface area contributed by atoms with Gasteiger partial charge in [0.1, 0.15) is 5.60 Å². The van der Waals surface area contributed by atoms with E-state index in [0.29, 0.717) is 11.1 Å². The predicted octanol–water partition coefficient (Wildman–Crippen LogP) is 3.46. The monoisotopic (exact) mass is 385 g/mol. The average molecular weight is 387 g/mol. The van der Waals surface area contributed by atoms with E-state index >= 15 is 0 Å². The molecular weight excluding hydrogens is 370 g/mol. The van der Waals surface area contributed by atoms with E-state index in [-0.39, 0.29) is 25.4 Å². The summed E-state index contributed by atoms with van der Waals surface area (Å²) in [5.41, 5.74) is -0.284. The Labute approximate surface area is 144 Å². The fourth-order valence-corrected chi connectivity index (χ4v) is 2.39. The van der Waals surface area contributed by atoms with Gasteiger partial charge in [0, 0.05) is 22.4 Å². The van der Waals surface area contributed by atoms with Crippen LogP contribution in [0.4, 0.5) is 0 Å². The van der Waals surface area contributed by atoms with Gasteiger partial charge in [0.05, 0.1) is 13.0 Å². The molecule has 0 fully saturated rings. The molecule has 6 heteroatoms. The van der Waals surface area contributed by atoms with Crippen LogP contribution in [0.15, 0.2) is 53.3 Å². The van der Waals surface area contributed by atoms with Gasteiger partial charge in [0.2, 0.25) is 0 Å². The second kappa shape index (κ2) is 8.27. The van der Waals surface area contributed by atoms with E-state index in [9.17, 15) is 9.90 Å². The molecule has 0 radical (unpaired) electrons. The minimum absolute atomic E-state index is 0. The molecule has 1 aromatic heterocycles. The zero-order valence-corrected chi connectivity index (χ0v) is 14.4. The highest BCUT2D eigenvalue weighted by atomic mass is 79.9. The van der Waals surface area contributed by atoms with Crippen LogP contribution in [0.3, 0.4) is 0 Å². The third kappa shape index (κ3) is 4.29. The van der Waals surface area contributed by atoms with E-state index in [1.807, 2.05) is 12.1 Å². The van der Waals surface area contributed by atoms with Crippen LogP contribution >= 0.6 is 28.3 Å². The lowest BCUT2D eigenvalue weighted by Crippen LogP contribution is -2.31. The third-order valence-electron chi connectivity index (χ3n) is 3.17. The maximum atomic E-state index is 11.9. The molecule has 0 amide bonds. The molecule has 0 spiro atoms. The van der Waals surface area contributed by atoms with Crippen molar-refractivity contribution >= 4 is 34.3 Å². The normalized spacial score (nSPS) is 12.9. The first-order chi connectivity index (χ1) is 10.1. The van der Waals surface area contributed by atoms with Crippen LogP contribution in [0.25, 0.3) is 0 Å². The van der Waals surface area contributed by atoms with Gasteiger partial charge in [-0.15, -0.1) is 12.4 Å². The largest absolute Gasteiger partial charge is 0.466 e. The minimum Gasteiger partial charge on any atom is -0.466 e. The SMILES string of the molecule is CCOC(=O)CC(O)(c1ccc(Br)cc1)c1cccnc1.Cl. The van der Waals surface area contributed by atoms with Crippen LogP contribution in [0.5, 0.6) is 0 Å². The van der Waals surface area contributed by atoms with Crippen molar-refractivity contribution in [3.8, 4) is 0 Å². The molecule has 0 bridgehead atoms. The van der Waals surface area contributed by atoms with Crippen molar-refractivity contribution < 1.29 is 14.6 Å². The van der Waals surface area contributed by atoms with E-state index in [2.05, 4.69) is 20.9 Å². The van der Waals surface area contributed by atoms with Crippen molar-refractivity contribution in [1.82, 2.24) is 4.98 Å². The Morgan fingerprint density at radius 3 is 2.50 bits per heavy atom. The minimum atomic E-state index is -1.46. The summed E-state index contributed by atoms with van der Waals surface area (Å²) in [6.07, 6.45) is 3.02. The first-order valence-electron chi connectivity index (χ1n) is 6.61. The number of ether oxygens (including phenoxy) is 1. The molecular formula is C16H17BrClNO3. The number of aliphatic hydroxyl groups is 1. The molecule has 1 N–H and O–H groups in total. The number of hydrogen-bond acceptors (Lipinski definition) is 4. The van der Waals surface area contributed by atoms with Gasteiger partial charge >= 0.3 is 5.97 Å². The van der Waals surface area contributed by atoms with Crippen LogP contribution in [-0.4, -0.2) is 22.7 Å². The quantitative estimate of drug-likeness (QED) is 0.800. The summed E-state index contributed by atoms with van der Waals surface area (Å²) in [6, 6.07) is 10.7. The van der Waals surface area contributed by atoms with Crippen molar-refractivity contribution in [3.63, 3.8) is 0 Å². The highest BCUT2D eigenvalue weighted by molar-refractivity contribution is 9.10. The fraction of sp³-hybridized carbons (Fsp3) is 0.250. The van der Waals surface area contributed by atoms with Gasteiger partial charge in [-0.05, 0) is 30.7 Å². The van der Waals surface area contributed by atoms with E-state index in [1.54, 1.807) is 43.6 Å². The summed E-state index contributed by atoms with van der Waals surface area (Å²) < 4.78 is 5.87. The fourth-order valence-electron chi connectivity index (χ4n) is 2.12. The number of pyridine rings is 1. The van der Waals surface area contributed by atoms with Crippen LogP contribution < -0.4 is 0 Å². The van der Waals surface area contributed by atoms with Gasteiger partial charge in [-0.3, -0.25) is 9.78 Å². The van der Waals surface area contributed by atoms with Crippen molar-refractivity contribution in [2.75, 3.05) is 6.61 Å². The molecule has 4 nitrogen and oxygen atoms in total. The molecule has 22 heavy (non-hydrogen) atoms. The predicted molar refractivity (Wildman–Crippen MR) is 89.9 cm³/mol. The lowest BCUT2D eigenvalue weighted by molar-refractivity contribution is -0.147. The number of benzene rings is 1. The molecule has 1 aromatic carbocycles. The molecule has 118 valence electrons. The van der Waals surface area contributed by atoms with Crippen LogP contribution in [0.2, 0.25) is 0 Å². The summed E-state index contributed by atoms with van der Waals surface area (Å²) in [4.78, 5) is 15.9. The average Bonchev–Trinajstić information content (AvgIpc) is 2.49. The van der Waals surface area contributed by atoms with Gasteiger partial charge in [0.25, 0.3) is 0 Å². The smallest absolute Gasteiger partial charge is 0.309 e. The van der Waals surface area contributed by atoms with Gasteiger partial charge in [-0.25, -0.2) is 0 Å². The third-order valence-corrected chi connectivity index (χ3v) is 3.70. The molecule has 0 saturated carbocycles. The number of aromatic nitrogens is 1. The first kappa shape index (κ1) is 18.6. The summed E-state index contributed by atoms with van der Waals surface area (Å²) >= 11 is 3.36. The lowest BCUT2D eigenvalue weighted by atomic mass is 9.84. The highest BCUT2D eigenvalue weighted by Gasteiger charge is 2.35. The number of halogens is 2. The Kier molecular flexibility index (Phi) is 7.00. The maximum Gasteiger partial charge on any atom is 0.309 e. The highest BCUT2D eigenvalue weighted by Crippen LogP contribution is 2.33. The van der Waals surface area contributed by atoms with Gasteiger partial charge in [-0.2, -0.15) is 0 Å². The van der Waals surface area contributed by atoms with E-state index in [4.69, 9.17) is 4.74 Å². The molecule has 1 atom stereocenters. The zero-order chi connectivity index (χ0) is 15.3. The molecule has 0 aliphatic carbocycles. The molecule has 1 unspecified atom stereocenters. The first-order valence-corrected chi connectivity index (χ1v) is 7.40. The Morgan fingerprint density at radius 1 is 1.27 bits per heavy atom. The Hall–Kier alpha value is -1.43.